The number of aliphatic hydroxyl groups excluding tert-OH is 1. The lowest BCUT2D eigenvalue weighted by molar-refractivity contribution is 0.286. The summed E-state index contributed by atoms with van der Waals surface area (Å²) < 4.78 is 0.787. The maximum Gasteiger partial charge on any atom is 0.0969 e. The zero-order chi connectivity index (χ0) is 8.69. The molecule has 0 saturated heterocycles. The van der Waals surface area contributed by atoms with Gasteiger partial charge in [-0.25, -0.2) is 0 Å². The standard InChI is InChI=1S/C7H11NOS2/c1-6(10)11-7(5-8)3-2-4-9/h7,9H,2-4H2,1H3. The van der Waals surface area contributed by atoms with Gasteiger partial charge in [0, 0.05) is 10.8 Å². The largest absolute Gasteiger partial charge is 0.396 e. The molecular formula is C7H11NOS2. The molecule has 11 heavy (non-hydrogen) atoms. The van der Waals surface area contributed by atoms with Crippen LogP contribution < -0.4 is 0 Å². The van der Waals surface area contributed by atoms with E-state index in [1.165, 1.54) is 11.8 Å². The molecule has 1 atom stereocenters. The van der Waals surface area contributed by atoms with E-state index in [0.717, 1.165) is 4.20 Å². The van der Waals surface area contributed by atoms with Crippen LogP contribution in [0, 0.1) is 11.3 Å². The van der Waals surface area contributed by atoms with Gasteiger partial charge in [-0.15, -0.1) is 11.8 Å². The summed E-state index contributed by atoms with van der Waals surface area (Å²) in [7, 11) is 0. The second-order valence-electron chi connectivity index (χ2n) is 2.09. The van der Waals surface area contributed by atoms with Crippen LogP contribution in [0.25, 0.3) is 0 Å². The Hall–Kier alpha value is -0.110. The molecule has 0 spiro atoms. The number of hydrogen-bond acceptors (Lipinski definition) is 4. The van der Waals surface area contributed by atoms with Gasteiger partial charge in [0.1, 0.15) is 0 Å². The number of thiocarbonyl (C=S) groups is 1. The van der Waals surface area contributed by atoms with Crippen LogP contribution in [-0.2, 0) is 0 Å². The third-order valence-electron chi connectivity index (χ3n) is 1.08. The summed E-state index contributed by atoms with van der Waals surface area (Å²) in [5.41, 5.74) is 0. The number of hydrogen-bond donors (Lipinski definition) is 1. The van der Waals surface area contributed by atoms with E-state index in [4.69, 9.17) is 22.6 Å². The molecule has 0 aromatic rings. The molecule has 0 heterocycles. The first kappa shape index (κ1) is 10.9. The summed E-state index contributed by atoms with van der Waals surface area (Å²) in [5, 5.41) is 17.0. The molecule has 0 aliphatic rings. The average molecular weight is 189 g/mol. The Bertz CT molecular complexity index is 164. The van der Waals surface area contributed by atoms with Gasteiger partial charge in [-0.3, -0.25) is 0 Å². The van der Waals surface area contributed by atoms with Crippen molar-refractivity contribution in [2.75, 3.05) is 6.61 Å². The topological polar surface area (TPSA) is 44.0 Å². The summed E-state index contributed by atoms with van der Waals surface area (Å²) in [6, 6.07) is 2.13. The predicted molar refractivity (Wildman–Crippen MR) is 51.6 cm³/mol. The van der Waals surface area contributed by atoms with Gasteiger partial charge in [-0.2, -0.15) is 5.26 Å². The van der Waals surface area contributed by atoms with E-state index in [0.29, 0.717) is 12.8 Å². The molecule has 0 amide bonds. The van der Waals surface area contributed by atoms with Crippen molar-refractivity contribution in [3.8, 4) is 6.07 Å². The van der Waals surface area contributed by atoms with Gasteiger partial charge in [-0.1, -0.05) is 12.2 Å². The molecule has 0 aliphatic carbocycles. The Morgan fingerprint density at radius 1 is 1.82 bits per heavy atom. The van der Waals surface area contributed by atoms with Crippen LogP contribution in [0.2, 0.25) is 0 Å². The van der Waals surface area contributed by atoms with Crippen molar-refractivity contribution >= 4 is 28.2 Å². The molecule has 0 radical (unpaired) electrons. The predicted octanol–water partition coefficient (Wildman–Crippen LogP) is 1.73. The van der Waals surface area contributed by atoms with E-state index in [2.05, 4.69) is 6.07 Å². The minimum absolute atomic E-state index is 0.0837. The maximum absolute atomic E-state index is 8.59. The third kappa shape index (κ3) is 6.29. The van der Waals surface area contributed by atoms with Crippen molar-refractivity contribution in [3.63, 3.8) is 0 Å². The maximum atomic E-state index is 8.59. The van der Waals surface area contributed by atoms with Crippen molar-refractivity contribution in [2.45, 2.75) is 25.0 Å². The normalized spacial score (nSPS) is 12.1. The Morgan fingerprint density at radius 3 is 2.82 bits per heavy atom. The van der Waals surface area contributed by atoms with E-state index in [1.807, 2.05) is 6.92 Å². The first-order valence-electron chi connectivity index (χ1n) is 3.38. The van der Waals surface area contributed by atoms with Gasteiger partial charge >= 0.3 is 0 Å². The number of thioether (sulfide) groups is 1. The van der Waals surface area contributed by atoms with E-state index < -0.39 is 0 Å². The lowest BCUT2D eigenvalue weighted by atomic mass is 10.2. The second-order valence-corrected chi connectivity index (χ2v) is 4.38. The van der Waals surface area contributed by atoms with Gasteiger partial charge < -0.3 is 5.11 Å². The third-order valence-corrected chi connectivity index (χ3v) is 2.32. The molecule has 0 aromatic heterocycles. The fourth-order valence-electron chi connectivity index (χ4n) is 0.627. The summed E-state index contributed by atoms with van der Waals surface area (Å²) in [5.74, 6) is 0. The van der Waals surface area contributed by atoms with Crippen LogP contribution in [0.4, 0.5) is 0 Å². The van der Waals surface area contributed by atoms with Crippen molar-refractivity contribution < 1.29 is 5.11 Å². The van der Waals surface area contributed by atoms with E-state index in [9.17, 15) is 0 Å². The fraction of sp³-hybridized carbons (Fsp3) is 0.714. The summed E-state index contributed by atoms with van der Waals surface area (Å²) in [6.45, 7) is 1.96. The Labute approximate surface area is 76.6 Å². The number of nitrogens with zero attached hydrogens (tertiary/aromatic N) is 1. The molecule has 0 aliphatic heterocycles. The second kappa shape index (κ2) is 6.59. The highest BCUT2D eigenvalue weighted by Gasteiger charge is 2.07. The molecule has 0 rings (SSSR count). The van der Waals surface area contributed by atoms with Crippen LogP contribution >= 0.6 is 24.0 Å². The van der Waals surface area contributed by atoms with Crippen molar-refractivity contribution in [3.05, 3.63) is 0 Å². The molecule has 1 N–H and O–H groups in total. The Morgan fingerprint density at radius 2 is 2.45 bits per heavy atom. The molecule has 0 fully saturated rings. The van der Waals surface area contributed by atoms with Gasteiger partial charge in [0.05, 0.1) is 11.3 Å². The highest BCUT2D eigenvalue weighted by atomic mass is 32.2. The Balaban J connectivity index is 3.60. The zero-order valence-corrected chi connectivity index (χ0v) is 8.04. The van der Waals surface area contributed by atoms with E-state index >= 15 is 0 Å². The minimum atomic E-state index is -0.0837. The van der Waals surface area contributed by atoms with Crippen LogP contribution in [0.1, 0.15) is 19.8 Å². The molecule has 1 unspecified atom stereocenters. The minimum Gasteiger partial charge on any atom is -0.396 e. The SMILES string of the molecule is CC(=S)SC(C#N)CCCO. The van der Waals surface area contributed by atoms with Crippen LogP contribution in [0.15, 0.2) is 0 Å². The van der Waals surface area contributed by atoms with Gasteiger partial charge in [0.15, 0.2) is 0 Å². The Kier molecular flexibility index (Phi) is 6.52. The van der Waals surface area contributed by atoms with Gasteiger partial charge in [-0.05, 0) is 19.8 Å². The molecule has 0 saturated carbocycles. The van der Waals surface area contributed by atoms with Gasteiger partial charge in [0.25, 0.3) is 0 Å². The van der Waals surface area contributed by atoms with Crippen molar-refractivity contribution in [2.24, 2.45) is 0 Å². The van der Waals surface area contributed by atoms with Crippen molar-refractivity contribution in [1.29, 1.82) is 5.26 Å². The first-order valence-corrected chi connectivity index (χ1v) is 4.67. The molecule has 62 valence electrons. The van der Waals surface area contributed by atoms with Crippen LogP contribution in [0.3, 0.4) is 0 Å². The quantitative estimate of drug-likeness (QED) is 0.684. The van der Waals surface area contributed by atoms with E-state index in [1.54, 1.807) is 0 Å². The van der Waals surface area contributed by atoms with Crippen LogP contribution in [0.5, 0.6) is 0 Å². The fourth-order valence-corrected chi connectivity index (χ4v) is 1.71. The van der Waals surface area contributed by atoms with Crippen molar-refractivity contribution in [1.82, 2.24) is 0 Å². The number of nitriles is 1. The summed E-state index contributed by atoms with van der Waals surface area (Å²) in [4.78, 5) is 0. The number of rotatable bonds is 4. The summed E-state index contributed by atoms with van der Waals surface area (Å²) >= 11 is 6.24. The highest BCUT2D eigenvalue weighted by Crippen LogP contribution is 2.16. The highest BCUT2D eigenvalue weighted by molar-refractivity contribution is 8.23. The molecule has 0 aromatic carbocycles. The monoisotopic (exact) mass is 189 g/mol. The summed E-state index contributed by atoms with van der Waals surface area (Å²) in [6.07, 6.45) is 1.39. The number of aliphatic hydroxyl groups is 1. The van der Waals surface area contributed by atoms with Gasteiger partial charge in [0.2, 0.25) is 0 Å². The molecule has 2 nitrogen and oxygen atoms in total. The molecule has 0 bridgehead atoms. The lowest BCUT2D eigenvalue weighted by Crippen LogP contribution is -2.02. The molecule has 4 heteroatoms. The smallest absolute Gasteiger partial charge is 0.0969 e. The molecular weight excluding hydrogens is 178 g/mol. The zero-order valence-electron chi connectivity index (χ0n) is 6.41. The average Bonchev–Trinajstić information content (AvgIpc) is 1.97. The lowest BCUT2D eigenvalue weighted by Gasteiger charge is -2.04. The van der Waals surface area contributed by atoms with Crippen LogP contribution in [-0.4, -0.2) is 21.2 Å². The van der Waals surface area contributed by atoms with E-state index in [-0.39, 0.29) is 11.9 Å². The first-order chi connectivity index (χ1) is 5.20.